The van der Waals surface area contributed by atoms with Crippen molar-refractivity contribution < 1.29 is 4.79 Å². The molecule has 0 aliphatic rings. The summed E-state index contributed by atoms with van der Waals surface area (Å²) in [5.41, 5.74) is 0. The normalized spacial score (nSPS) is 11.9. The summed E-state index contributed by atoms with van der Waals surface area (Å²) in [4.78, 5) is 11.6. The van der Waals surface area contributed by atoms with E-state index in [0.29, 0.717) is 6.42 Å². The van der Waals surface area contributed by atoms with Crippen LogP contribution in [0.15, 0.2) is 0 Å². The van der Waals surface area contributed by atoms with Gasteiger partial charge in [-0.25, -0.2) is 0 Å². The molecule has 0 N–H and O–H groups in total. The van der Waals surface area contributed by atoms with Crippen molar-refractivity contribution in [1.82, 2.24) is 0 Å². The molecule has 0 aliphatic heterocycles. The first-order valence-corrected chi connectivity index (χ1v) is 14.4. The molecule has 0 aromatic heterocycles. The summed E-state index contributed by atoms with van der Waals surface area (Å²) in [6.45, 7) is 4.55. The molecule has 0 amide bonds. The number of thiol groups is 2. The Kier molecular flexibility index (Phi) is 22.8. The minimum absolute atomic E-state index is 0.00385. The molecule has 0 rings (SSSR count). The Morgan fingerprint density at radius 1 is 0.533 bits per heavy atom. The Labute approximate surface area is 201 Å². The second-order valence-electron chi connectivity index (χ2n) is 9.66. The number of rotatable bonds is 24. The van der Waals surface area contributed by atoms with Crippen LogP contribution in [0.25, 0.3) is 0 Å². The van der Waals surface area contributed by atoms with Crippen LogP contribution in [0.1, 0.15) is 162 Å². The maximum Gasteiger partial charge on any atom is 0.187 e. The van der Waals surface area contributed by atoms with E-state index in [1.54, 1.807) is 0 Å². The Balaban J connectivity index is 3.76. The second kappa shape index (κ2) is 22.6. The van der Waals surface area contributed by atoms with Crippen LogP contribution in [0.2, 0.25) is 0 Å². The minimum atomic E-state index is -0.126. The topological polar surface area (TPSA) is 17.1 Å². The minimum Gasteiger partial charge on any atom is -0.287 e. The van der Waals surface area contributed by atoms with Crippen molar-refractivity contribution >= 4 is 30.4 Å². The quantitative estimate of drug-likeness (QED) is 0.109. The number of hydrogen-bond acceptors (Lipinski definition) is 2. The van der Waals surface area contributed by atoms with Gasteiger partial charge in [0.05, 0.1) is 0 Å². The van der Waals surface area contributed by atoms with E-state index >= 15 is 0 Å². The standard InChI is InChI=1S/C27H54OS2/c1-3-5-7-9-11-13-15-17-19-21-23-27(30,25-26(28)29)24-22-20-18-16-14-12-10-8-6-4-2/h30H,3-25H2,1-2H3,(H,28,29). The number of unbranched alkanes of at least 4 members (excludes halogenated alkanes) is 18. The molecule has 0 unspecified atom stereocenters. The van der Waals surface area contributed by atoms with Gasteiger partial charge in [0.2, 0.25) is 0 Å². The maximum absolute atomic E-state index is 11.6. The monoisotopic (exact) mass is 458 g/mol. The Hall–Kier alpha value is 0.370. The zero-order valence-electron chi connectivity index (χ0n) is 20.6. The number of hydrogen-bond donors (Lipinski definition) is 2. The van der Waals surface area contributed by atoms with E-state index in [1.165, 1.54) is 128 Å². The zero-order chi connectivity index (χ0) is 22.3. The summed E-state index contributed by atoms with van der Waals surface area (Å²) >= 11 is 9.03. The van der Waals surface area contributed by atoms with Gasteiger partial charge < -0.3 is 0 Å². The highest BCUT2D eigenvalue weighted by atomic mass is 32.1. The van der Waals surface area contributed by atoms with Gasteiger partial charge in [0.15, 0.2) is 5.12 Å². The highest BCUT2D eigenvalue weighted by Gasteiger charge is 2.26. The lowest BCUT2D eigenvalue weighted by molar-refractivity contribution is -0.111. The van der Waals surface area contributed by atoms with Gasteiger partial charge in [-0.2, -0.15) is 12.6 Å². The van der Waals surface area contributed by atoms with Crippen LogP contribution >= 0.6 is 25.3 Å². The van der Waals surface area contributed by atoms with E-state index in [-0.39, 0.29) is 9.86 Å². The van der Waals surface area contributed by atoms with Gasteiger partial charge in [-0.3, -0.25) is 4.79 Å². The van der Waals surface area contributed by atoms with E-state index in [2.05, 4.69) is 26.5 Å². The van der Waals surface area contributed by atoms with Gasteiger partial charge >= 0.3 is 0 Å². The van der Waals surface area contributed by atoms with Crippen LogP contribution in [-0.4, -0.2) is 9.86 Å². The van der Waals surface area contributed by atoms with Crippen molar-refractivity contribution in [2.24, 2.45) is 0 Å². The Morgan fingerprint density at radius 3 is 1.07 bits per heavy atom. The summed E-state index contributed by atoms with van der Waals surface area (Å²) in [7, 11) is 0. The highest BCUT2D eigenvalue weighted by molar-refractivity contribution is 7.96. The predicted octanol–water partition coefficient (Wildman–Crippen LogP) is 10.1. The first-order chi connectivity index (χ1) is 14.5. The van der Waals surface area contributed by atoms with E-state index in [4.69, 9.17) is 12.6 Å². The largest absolute Gasteiger partial charge is 0.287 e. The third-order valence-electron chi connectivity index (χ3n) is 6.47. The van der Waals surface area contributed by atoms with Gasteiger partial charge in [-0.15, -0.1) is 12.6 Å². The molecule has 0 aromatic carbocycles. The number of carbonyl (C=O) groups is 1. The zero-order valence-corrected chi connectivity index (χ0v) is 22.4. The Bertz CT molecular complexity index is 346. The molecular weight excluding hydrogens is 404 g/mol. The van der Waals surface area contributed by atoms with Gasteiger partial charge in [0.1, 0.15) is 0 Å². The lowest BCUT2D eigenvalue weighted by Crippen LogP contribution is -2.24. The molecule has 0 saturated heterocycles. The molecule has 0 fully saturated rings. The molecule has 0 spiro atoms. The summed E-state index contributed by atoms with van der Waals surface area (Å²) in [5, 5.41) is 0.00385. The average Bonchev–Trinajstić information content (AvgIpc) is 2.70. The van der Waals surface area contributed by atoms with Crippen LogP contribution in [0.3, 0.4) is 0 Å². The van der Waals surface area contributed by atoms with Crippen molar-refractivity contribution in [2.45, 2.75) is 166 Å². The highest BCUT2D eigenvalue weighted by Crippen LogP contribution is 2.33. The molecular formula is C27H54OS2. The molecule has 1 nitrogen and oxygen atoms in total. The van der Waals surface area contributed by atoms with Gasteiger partial charge in [-0.05, 0) is 12.8 Å². The molecule has 0 aromatic rings. The van der Waals surface area contributed by atoms with Crippen molar-refractivity contribution in [2.75, 3.05) is 0 Å². The van der Waals surface area contributed by atoms with E-state index in [1.807, 2.05) is 0 Å². The fourth-order valence-corrected chi connectivity index (χ4v) is 5.35. The molecule has 0 heterocycles. The van der Waals surface area contributed by atoms with E-state index in [0.717, 1.165) is 12.8 Å². The van der Waals surface area contributed by atoms with Crippen LogP contribution in [0.5, 0.6) is 0 Å². The molecule has 0 bridgehead atoms. The Morgan fingerprint density at radius 2 is 0.800 bits per heavy atom. The third kappa shape index (κ3) is 21.6. The SMILES string of the molecule is CCCCCCCCCCCCC(S)(CCCCCCCCCCCC)CC(=O)S. The molecule has 30 heavy (non-hydrogen) atoms. The first-order valence-electron chi connectivity index (χ1n) is 13.5. The molecule has 0 atom stereocenters. The predicted molar refractivity (Wildman–Crippen MR) is 143 cm³/mol. The molecule has 3 heteroatoms. The van der Waals surface area contributed by atoms with Crippen LogP contribution in [0.4, 0.5) is 0 Å². The summed E-state index contributed by atoms with van der Waals surface area (Å²) in [5.74, 6) is 0. The number of carbonyl (C=O) groups excluding carboxylic acids is 1. The van der Waals surface area contributed by atoms with Gasteiger partial charge in [-0.1, -0.05) is 142 Å². The van der Waals surface area contributed by atoms with Crippen LogP contribution in [0, 0.1) is 0 Å². The summed E-state index contributed by atoms with van der Waals surface area (Å²) in [6.07, 6.45) is 29.8. The fourth-order valence-electron chi connectivity index (χ4n) is 4.47. The fraction of sp³-hybridized carbons (Fsp3) is 0.963. The van der Waals surface area contributed by atoms with Crippen molar-refractivity contribution in [3.63, 3.8) is 0 Å². The van der Waals surface area contributed by atoms with Crippen molar-refractivity contribution in [3.8, 4) is 0 Å². The summed E-state index contributed by atoms with van der Waals surface area (Å²) in [6, 6.07) is 0. The molecule has 180 valence electrons. The molecule has 0 aliphatic carbocycles. The van der Waals surface area contributed by atoms with E-state index in [9.17, 15) is 4.79 Å². The lowest BCUT2D eigenvalue weighted by atomic mass is 9.90. The average molecular weight is 459 g/mol. The molecule has 0 radical (unpaired) electrons. The smallest absolute Gasteiger partial charge is 0.187 e. The maximum atomic E-state index is 11.6. The van der Waals surface area contributed by atoms with Crippen LogP contribution < -0.4 is 0 Å². The van der Waals surface area contributed by atoms with Crippen LogP contribution in [-0.2, 0) is 4.79 Å². The van der Waals surface area contributed by atoms with E-state index < -0.39 is 0 Å². The van der Waals surface area contributed by atoms with Gasteiger partial charge in [0, 0.05) is 11.2 Å². The van der Waals surface area contributed by atoms with Gasteiger partial charge in [0.25, 0.3) is 0 Å². The second-order valence-corrected chi connectivity index (χ2v) is 11.1. The lowest BCUT2D eigenvalue weighted by Gasteiger charge is -2.27. The third-order valence-corrected chi connectivity index (χ3v) is 7.24. The summed E-state index contributed by atoms with van der Waals surface area (Å²) < 4.78 is -0.126. The van der Waals surface area contributed by atoms with Crippen molar-refractivity contribution in [1.29, 1.82) is 0 Å². The van der Waals surface area contributed by atoms with Crippen molar-refractivity contribution in [3.05, 3.63) is 0 Å². The molecule has 0 saturated carbocycles. The first kappa shape index (κ1) is 30.4.